The van der Waals surface area contributed by atoms with Gasteiger partial charge in [-0.15, -0.1) is 0 Å². The Morgan fingerprint density at radius 1 is 1.17 bits per heavy atom. The first-order chi connectivity index (χ1) is 5.18. The van der Waals surface area contributed by atoms with E-state index in [9.17, 15) is 8.42 Å². The van der Waals surface area contributed by atoms with Crippen molar-refractivity contribution in [3.63, 3.8) is 0 Å². The molecule has 1 aromatic rings. The Labute approximate surface area is 88.4 Å². The Bertz CT molecular complexity index is 297. The molecule has 3 nitrogen and oxygen atoms in total. The van der Waals surface area contributed by atoms with Crippen LogP contribution >= 0.6 is 0 Å². The van der Waals surface area contributed by atoms with E-state index in [2.05, 4.69) is 4.18 Å². The molecule has 12 heavy (non-hydrogen) atoms. The largest absolute Gasteiger partial charge is 0.384 e. The number of hydrogen-bond acceptors (Lipinski definition) is 3. The normalized spacial score (nSPS) is 9.17. The minimum absolute atomic E-state index is 0. The molecule has 0 N–H and O–H groups in total. The molecule has 0 bridgehead atoms. The summed E-state index contributed by atoms with van der Waals surface area (Å²) in [5.41, 5.74) is 1.07. The zero-order chi connectivity index (χ0) is 8.27. The molecule has 0 heterocycles. The van der Waals surface area contributed by atoms with Gasteiger partial charge >= 0.3 is 0 Å². The third kappa shape index (κ3) is 3.92. The maximum Gasteiger partial charge on any atom is 0.299 e. The molecule has 0 fully saturated rings. The van der Waals surface area contributed by atoms with Gasteiger partial charge in [0.05, 0.1) is 0 Å². The van der Waals surface area contributed by atoms with Crippen LogP contribution in [0.25, 0.3) is 0 Å². The summed E-state index contributed by atoms with van der Waals surface area (Å²) in [6, 6.07) is 6.79. The van der Waals surface area contributed by atoms with Crippen molar-refractivity contribution in [2.24, 2.45) is 0 Å². The quantitative estimate of drug-likeness (QED) is 0.646. The van der Waals surface area contributed by atoms with Crippen LogP contribution in [0.4, 0.5) is 0 Å². The first-order valence-corrected chi connectivity index (χ1v) is 4.17. The molecule has 1 rings (SSSR count). The van der Waals surface area contributed by atoms with E-state index in [0.717, 1.165) is 5.56 Å². The monoisotopic (exact) mass is 279 g/mol. The van der Waals surface area contributed by atoms with Crippen molar-refractivity contribution in [2.45, 2.75) is 6.92 Å². The molecular weight excluding hydrogens is 272 g/mol. The molecule has 0 unspecified atom stereocenters. The van der Waals surface area contributed by atoms with Gasteiger partial charge < -0.3 is 4.18 Å². The average molecular weight is 280 g/mol. The molecule has 1 aromatic carbocycles. The zero-order valence-electron chi connectivity index (χ0n) is 6.28. The molecular formula is C7H8AgO3S. The van der Waals surface area contributed by atoms with Crippen LogP contribution < -0.4 is 4.18 Å². The second-order valence-electron chi connectivity index (χ2n) is 2.13. The van der Waals surface area contributed by atoms with Gasteiger partial charge in [0.25, 0.3) is 11.0 Å². The van der Waals surface area contributed by atoms with E-state index in [-0.39, 0.29) is 22.4 Å². The molecule has 71 valence electrons. The summed E-state index contributed by atoms with van der Waals surface area (Å²) in [4.78, 5) is 0. The van der Waals surface area contributed by atoms with Crippen molar-refractivity contribution in [3.05, 3.63) is 29.8 Å². The molecule has 0 saturated heterocycles. The van der Waals surface area contributed by atoms with E-state index >= 15 is 0 Å². The molecule has 0 atom stereocenters. The third-order valence-corrected chi connectivity index (χ3v) is 1.56. The third-order valence-electron chi connectivity index (χ3n) is 1.20. The van der Waals surface area contributed by atoms with Crippen LogP contribution in [0.1, 0.15) is 5.56 Å². The number of benzene rings is 1. The fourth-order valence-corrected chi connectivity index (χ4v) is 0.979. The molecule has 0 saturated carbocycles. The summed E-state index contributed by atoms with van der Waals surface area (Å²) in [5, 5.41) is 0. The van der Waals surface area contributed by atoms with Crippen LogP contribution in [0.3, 0.4) is 0 Å². The van der Waals surface area contributed by atoms with Gasteiger partial charge in [-0.25, -0.2) is 0 Å². The Hall–Kier alpha value is -0.290. The first-order valence-electron chi connectivity index (χ1n) is 3.07. The Morgan fingerprint density at radius 2 is 1.67 bits per heavy atom. The fraction of sp³-hybridized carbons (Fsp3) is 0.143. The molecule has 0 spiro atoms. The van der Waals surface area contributed by atoms with Crippen molar-refractivity contribution in [1.82, 2.24) is 0 Å². The molecule has 0 aromatic heterocycles. The standard InChI is InChI=1S/C7H8O3S.Ag/c1-6-2-4-7(5-3-6)10-11(8)9;/h2-5,11H,1H3;. The minimum Gasteiger partial charge on any atom is -0.384 e. The van der Waals surface area contributed by atoms with Crippen LogP contribution in [0.5, 0.6) is 5.75 Å². The summed E-state index contributed by atoms with van der Waals surface area (Å²) >= 11 is 0. The van der Waals surface area contributed by atoms with Crippen LogP contribution in [-0.2, 0) is 33.4 Å². The van der Waals surface area contributed by atoms with Crippen molar-refractivity contribution in [1.29, 1.82) is 0 Å². The zero-order valence-corrected chi connectivity index (χ0v) is 8.66. The molecule has 0 aliphatic carbocycles. The van der Waals surface area contributed by atoms with Crippen LogP contribution in [0, 0.1) is 6.92 Å². The van der Waals surface area contributed by atoms with E-state index < -0.39 is 11.0 Å². The van der Waals surface area contributed by atoms with Crippen molar-refractivity contribution in [2.75, 3.05) is 0 Å². The summed E-state index contributed by atoms with van der Waals surface area (Å²) in [6.07, 6.45) is 0. The Balaban J connectivity index is 0.00000121. The van der Waals surface area contributed by atoms with E-state index in [4.69, 9.17) is 0 Å². The molecule has 0 amide bonds. The summed E-state index contributed by atoms with van der Waals surface area (Å²) in [5.74, 6) is 0.353. The summed E-state index contributed by atoms with van der Waals surface area (Å²) in [6.45, 7) is 1.92. The Morgan fingerprint density at radius 3 is 2.08 bits per heavy atom. The SMILES string of the molecule is Cc1ccc(O[SH](=O)=O)cc1.[Ag]. The van der Waals surface area contributed by atoms with Gasteiger partial charge in [-0.3, -0.25) is 0 Å². The average Bonchev–Trinajstić information content (AvgIpc) is 1.93. The van der Waals surface area contributed by atoms with E-state index in [1.54, 1.807) is 24.3 Å². The van der Waals surface area contributed by atoms with Crippen LogP contribution in [-0.4, -0.2) is 8.42 Å². The molecule has 0 aliphatic heterocycles. The van der Waals surface area contributed by atoms with Crippen LogP contribution in [0.2, 0.25) is 0 Å². The van der Waals surface area contributed by atoms with Gasteiger partial charge in [-0.05, 0) is 19.1 Å². The minimum atomic E-state index is -2.79. The van der Waals surface area contributed by atoms with E-state index in [1.165, 1.54) is 0 Å². The van der Waals surface area contributed by atoms with E-state index in [0.29, 0.717) is 5.75 Å². The maximum atomic E-state index is 10.1. The first kappa shape index (κ1) is 11.7. The van der Waals surface area contributed by atoms with Gasteiger partial charge in [0, 0.05) is 22.4 Å². The molecule has 1 radical (unpaired) electrons. The number of thiol groups is 1. The second-order valence-corrected chi connectivity index (χ2v) is 2.76. The van der Waals surface area contributed by atoms with Crippen molar-refractivity contribution < 1.29 is 35.0 Å². The number of hydrogen-bond donors (Lipinski definition) is 1. The number of rotatable bonds is 2. The topological polar surface area (TPSA) is 43.4 Å². The van der Waals surface area contributed by atoms with Gasteiger partial charge in [-0.1, -0.05) is 17.7 Å². The number of aryl methyl sites for hydroxylation is 1. The second kappa shape index (κ2) is 5.37. The summed E-state index contributed by atoms with van der Waals surface area (Å²) < 4.78 is 24.6. The van der Waals surface area contributed by atoms with E-state index in [1.807, 2.05) is 6.92 Å². The predicted octanol–water partition coefficient (Wildman–Crippen LogP) is 0.898. The van der Waals surface area contributed by atoms with Gasteiger partial charge in [0.15, 0.2) is 0 Å². The Kier molecular flexibility index (Phi) is 5.24. The fourth-order valence-electron chi connectivity index (χ4n) is 0.685. The van der Waals surface area contributed by atoms with Crippen molar-refractivity contribution >= 4 is 11.0 Å². The smallest absolute Gasteiger partial charge is 0.299 e. The van der Waals surface area contributed by atoms with Gasteiger partial charge in [0.1, 0.15) is 5.75 Å². The molecule has 0 aliphatic rings. The predicted molar refractivity (Wildman–Crippen MR) is 42.1 cm³/mol. The van der Waals surface area contributed by atoms with Crippen molar-refractivity contribution in [3.8, 4) is 5.75 Å². The van der Waals surface area contributed by atoms with Crippen LogP contribution in [0.15, 0.2) is 24.3 Å². The molecule has 5 heteroatoms. The van der Waals surface area contributed by atoms with Gasteiger partial charge in [-0.2, -0.15) is 8.42 Å². The summed E-state index contributed by atoms with van der Waals surface area (Å²) in [7, 11) is -2.79. The maximum absolute atomic E-state index is 10.1. The van der Waals surface area contributed by atoms with Gasteiger partial charge in [0.2, 0.25) is 0 Å².